The van der Waals surface area contributed by atoms with Crippen LogP contribution < -0.4 is 15.0 Å². The van der Waals surface area contributed by atoms with Crippen LogP contribution in [0.15, 0.2) is 72.8 Å². The molecule has 1 aliphatic rings. The first-order valence-electron chi connectivity index (χ1n) is 10.5. The molecular weight excluding hydrogens is 474 g/mol. The highest BCUT2D eigenvalue weighted by Crippen LogP contribution is 2.41. The third-order valence-corrected chi connectivity index (χ3v) is 6.94. The number of carbonyl (C=O) groups is 1. The molecule has 7 nitrogen and oxygen atoms in total. The second kappa shape index (κ2) is 9.37. The van der Waals surface area contributed by atoms with E-state index in [1.54, 1.807) is 71.6 Å². The van der Waals surface area contributed by atoms with Crippen LogP contribution in [-0.4, -0.2) is 33.0 Å². The molecule has 0 bridgehead atoms. The van der Waals surface area contributed by atoms with Gasteiger partial charge in [0.1, 0.15) is 27.4 Å². The van der Waals surface area contributed by atoms with Crippen molar-refractivity contribution in [1.29, 1.82) is 5.26 Å². The van der Waals surface area contributed by atoms with Gasteiger partial charge in [-0.2, -0.15) is 5.26 Å². The number of nitriles is 1. The first-order chi connectivity index (χ1) is 16.2. The van der Waals surface area contributed by atoms with Crippen LogP contribution in [0, 0.1) is 11.3 Å². The van der Waals surface area contributed by atoms with Gasteiger partial charge in [-0.3, -0.25) is 4.90 Å². The zero-order chi connectivity index (χ0) is 24.3. The number of carbonyl (C=O) groups excluding carboxylic acids is 1. The number of nitrogens with one attached hydrogen (secondary N) is 1. The highest BCUT2D eigenvalue weighted by Gasteiger charge is 2.48. The molecular formula is C25H22ClN3O4S. The molecule has 2 amide bonds. The van der Waals surface area contributed by atoms with Crippen molar-refractivity contribution in [2.24, 2.45) is 0 Å². The number of rotatable bonds is 7. The van der Waals surface area contributed by atoms with Gasteiger partial charge in [0.2, 0.25) is 0 Å². The van der Waals surface area contributed by atoms with E-state index in [-0.39, 0.29) is 24.7 Å². The summed E-state index contributed by atoms with van der Waals surface area (Å²) in [4.78, 5) is 14.6. The fourth-order valence-electron chi connectivity index (χ4n) is 4.08. The SMILES string of the molecule is CS(=O)(=O)CCC1(c2cccc(Oc3ccccc3C#N)c2)CNC(=O)N1c1ccc(Cl)cc1. The Labute approximate surface area is 203 Å². The summed E-state index contributed by atoms with van der Waals surface area (Å²) in [5.41, 5.74) is 0.702. The summed E-state index contributed by atoms with van der Waals surface area (Å²) in [5.74, 6) is 0.755. The largest absolute Gasteiger partial charge is 0.456 e. The minimum Gasteiger partial charge on any atom is -0.456 e. The topological polar surface area (TPSA) is 99.5 Å². The van der Waals surface area contributed by atoms with E-state index < -0.39 is 15.4 Å². The number of anilines is 1. The summed E-state index contributed by atoms with van der Waals surface area (Å²) < 4.78 is 30.2. The Balaban J connectivity index is 1.80. The van der Waals surface area contributed by atoms with Gasteiger partial charge < -0.3 is 10.1 Å². The minimum atomic E-state index is -3.31. The Bertz CT molecular complexity index is 1370. The number of amides is 2. The molecule has 0 aliphatic carbocycles. The molecule has 0 spiro atoms. The van der Waals surface area contributed by atoms with Gasteiger partial charge in [-0.05, 0) is 60.5 Å². The first-order valence-corrected chi connectivity index (χ1v) is 12.9. The van der Waals surface area contributed by atoms with E-state index >= 15 is 0 Å². The summed E-state index contributed by atoms with van der Waals surface area (Å²) in [6, 6.07) is 22.6. The zero-order valence-electron chi connectivity index (χ0n) is 18.4. The molecule has 1 fully saturated rings. The maximum absolute atomic E-state index is 13.0. The number of para-hydroxylation sites is 1. The average Bonchev–Trinajstić information content (AvgIpc) is 3.16. The van der Waals surface area contributed by atoms with E-state index in [0.717, 1.165) is 0 Å². The summed E-state index contributed by atoms with van der Waals surface area (Å²) in [6.45, 7) is 0.211. The fraction of sp³-hybridized carbons (Fsp3) is 0.200. The van der Waals surface area contributed by atoms with Gasteiger partial charge in [0, 0.05) is 23.5 Å². The quantitative estimate of drug-likeness (QED) is 0.504. The highest BCUT2D eigenvalue weighted by molar-refractivity contribution is 7.90. The lowest BCUT2D eigenvalue weighted by Gasteiger charge is -2.38. The Kier molecular flexibility index (Phi) is 6.51. The van der Waals surface area contributed by atoms with Gasteiger partial charge in [0.05, 0.1) is 16.9 Å². The molecule has 3 aromatic carbocycles. The van der Waals surface area contributed by atoms with Crippen LogP contribution >= 0.6 is 11.6 Å². The van der Waals surface area contributed by atoms with Gasteiger partial charge in [-0.25, -0.2) is 13.2 Å². The van der Waals surface area contributed by atoms with E-state index in [4.69, 9.17) is 16.3 Å². The maximum atomic E-state index is 13.0. The third-order valence-electron chi connectivity index (χ3n) is 5.74. The van der Waals surface area contributed by atoms with Gasteiger partial charge in [0.25, 0.3) is 0 Å². The molecule has 1 N–H and O–H groups in total. The molecule has 3 aromatic rings. The van der Waals surface area contributed by atoms with Crippen molar-refractivity contribution in [1.82, 2.24) is 5.32 Å². The number of sulfone groups is 1. The Hall–Kier alpha value is -3.54. The average molecular weight is 496 g/mol. The van der Waals surface area contributed by atoms with E-state index in [1.165, 1.54) is 6.26 Å². The Morgan fingerprint density at radius 2 is 1.85 bits per heavy atom. The predicted molar refractivity (Wildman–Crippen MR) is 131 cm³/mol. The monoisotopic (exact) mass is 495 g/mol. The molecule has 0 saturated carbocycles. The van der Waals surface area contributed by atoms with Crippen LogP contribution in [0.4, 0.5) is 10.5 Å². The van der Waals surface area contributed by atoms with Gasteiger partial charge >= 0.3 is 6.03 Å². The third kappa shape index (κ3) is 4.86. The van der Waals surface area contributed by atoms with Crippen molar-refractivity contribution in [2.75, 3.05) is 23.5 Å². The second-order valence-corrected chi connectivity index (χ2v) is 10.8. The van der Waals surface area contributed by atoms with E-state index in [1.807, 2.05) is 6.07 Å². The van der Waals surface area contributed by atoms with E-state index in [2.05, 4.69) is 11.4 Å². The lowest BCUT2D eigenvalue weighted by atomic mass is 9.86. The smallest absolute Gasteiger partial charge is 0.322 e. The van der Waals surface area contributed by atoms with Gasteiger partial charge in [0.15, 0.2) is 0 Å². The van der Waals surface area contributed by atoms with Crippen molar-refractivity contribution in [3.05, 3.63) is 88.9 Å². The number of hydrogen-bond donors (Lipinski definition) is 1. The molecule has 4 rings (SSSR count). The van der Waals surface area contributed by atoms with Crippen LogP contribution in [0.3, 0.4) is 0 Å². The summed E-state index contributed by atoms with van der Waals surface area (Å²) in [5, 5.41) is 12.8. The van der Waals surface area contributed by atoms with Crippen molar-refractivity contribution < 1.29 is 17.9 Å². The first kappa shape index (κ1) is 23.6. The van der Waals surface area contributed by atoms with Crippen LogP contribution in [0.25, 0.3) is 0 Å². The summed E-state index contributed by atoms with van der Waals surface area (Å²) in [7, 11) is -3.31. The number of hydrogen-bond acceptors (Lipinski definition) is 5. The van der Waals surface area contributed by atoms with E-state index in [9.17, 15) is 18.5 Å². The zero-order valence-corrected chi connectivity index (χ0v) is 19.9. The van der Waals surface area contributed by atoms with Crippen LogP contribution in [-0.2, 0) is 15.4 Å². The molecule has 1 atom stereocenters. The normalized spacial score (nSPS) is 17.8. The van der Waals surface area contributed by atoms with Gasteiger partial charge in [-0.1, -0.05) is 35.9 Å². The van der Waals surface area contributed by atoms with Crippen LogP contribution in [0.5, 0.6) is 11.5 Å². The molecule has 1 heterocycles. The molecule has 9 heteroatoms. The molecule has 0 radical (unpaired) electrons. The number of ether oxygens (including phenoxy) is 1. The Morgan fingerprint density at radius 3 is 2.56 bits per heavy atom. The van der Waals surface area contributed by atoms with Crippen molar-refractivity contribution >= 4 is 33.2 Å². The van der Waals surface area contributed by atoms with Crippen LogP contribution in [0.1, 0.15) is 17.5 Å². The number of halogens is 1. The van der Waals surface area contributed by atoms with Crippen molar-refractivity contribution in [3.63, 3.8) is 0 Å². The van der Waals surface area contributed by atoms with Crippen molar-refractivity contribution in [2.45, 2.75) is 12.0 Å². The number of nitrogens with zero attached hydrogens (tertiary/aromatic N) is 2. The predicted octanol–water partition coefficient (Wildman–Crippen LogP) is 4.86. The van der Waals surface area contributed by atoms with Gasteiger partial charge in [-0.15, -0.1) is 0 Å². The maximum Gasteiger partial charge on any atom is 0.322 e. The second-order valence-electron chi connectivity index (χ2n) is 8.12. The molecule has 1 unspecified atom stereocenters. The molecule has 1 saturated heterocycles. The standard InChI is InChI=1S/C25H22ClN3O4S/c1-34(31,32)14-13-25(17-28-24(30)29(25)21-11-9-20(26)10-12-21)19-6-4-7-22(15-19)33-23-8-3-2-5-18(23)16-27/h2-12,15H,13-14,17H2,1H3,(H,28,30). The highest BCUT2D eigenvalue weighted by atomic mass is 35.5. The van der Waals surface area contributed by atoms with Crippen molar-refractivity contribution in [3.8, 4) is 17.6 Å². The molecule has 1 aliphatic heterocycles. The lowest BCUT2D eigenvalue weighted by Crippen LogP contribution is -2.46. The van der Waals surface area contributed by atoms with Crippen LogP contribution in [0.2, 0.25) is 5.02 Å². The lowest BCUT2D eigenvalue weighted by molar-refractivity contribution is 0.250. The van der Waals surface area contributed by atoms with E-state index in [0.29, 0.717) is 33.3 Å². The summed E-state index contributed by atoms with van der Waals surface area (Å²) in [6.07, 6.45) is 1.35. The fourth-order valence-corrected chi connectivity index (χ4v) is 4.92. The number of urea groups is 1. The molecule has 0 aromatic heterocycles. The Morgan fingerprint density at radius 1 is 1.12 bits per heavy atom. The molecule has 174 valence electrons. The number of benzene rings is 3. The minimum absolute atomic E-state index is 0.117. The summed E-state index contributed by atoms with van der Waals surface area (Å²) >= 11 is 6.05. The molecule has 34 heavy (non-hydrogen) atoms.